The summed E-state index contributed by atoms with van der Waals surface area (Å²) in [4.78, 5) is 27.2. The lowest BCUT2D eigenvalue weighted by atomic mass is 10.1. The van der Waals surface area contributed by atoms with Crippen LogP contribution in [-0.2, 0) is 21.2 Å². The van der Waals surface area contributed by atoms with Crippen LogP contribution in [0.2, 0.25) is 0 Å². The standard InChI is InChI=1S/C30H26FN3O4S2/c31-24-10-12-26(13-11-24)33-40(37,38)27-16-14-25(15-17-27)32-29(36)22-6-8-23(9-7-22)30-34(28(35)20-39-30)19-18-21-4-2-1-3-5-21/h1-17,30,33H,18-20H2,(H,32,36)/t30-/m0/s1. The summed E-state index contributed by atoms with van der Waals surface area (Å²) >= 11 is 1.57. The number of sulfonamides is 1. The first-order chi connectivity index (χ1) is 19.3. The molecule has 1 atom stereocenters. The van der Waals surface area contributed by atoms with Crippen molar-refractivity contribution in [3.8, 4) is 0 Å². The molecule has 0 aromatic heterocycles. The van der Waals surface area contributed by atoms with E-state index in [2.05, 4.69) is 10.0 Å². The highest BCUT2D eigenvalue weighted by atomic mass is 32.2. The number of hydrogen-bond donors (Lipinski definition) is 2. The van der Waals surface area contributed by atoms with Gasteiger partial charge in [-0.25, -0.2) is 12.8 Å². The molecule has 2 amide bonds. The highest BCUT2D eigenvalue weighted by Gasteiger charge is 2.32. The molecule has 0 aliphatic carbocycles. The predicted molar refractivity (Wildman–Crippen MR) is 155 cm³/mol. The van der Waals surface area contributed by atoms with Gasteiger partial charge in [0.25, 0.3) is 15.9 Å². The summed E-state index contributed by atoms with van der Waals surface area (Å²) in [5, 5.41) is 2.67. The molecule has 2 N–H and O–H groups in total. The van der Waals surface area contributed by atoms with Gasteiger partial charge in [0, 0.05) is 23.5 Å². The van der Waals surface area contributed by atoms with Gasteiger partial charge in [-0.1, -0.05) is 42.5 Å². The Morgan fingerprint density at radius 1 is 0.875 bits per heavy atom. The number of thioether (sulfide) groups is 1. The molecule has 1 aliphatic heterocycles. The van der Waals surface area contributed by atoms with Crippen LogP contribution >= 0.6 is 11.8 Å². The third-order valence-corrected chi connectivity index (χ3v) is 9.08. The quantitative estimate of drug-likeness (QED) is 0.267. The lowest BCUT2D eigenvalue weighted by Gasteiger charge is -2.24. The molecule has 7 nitrogen and oxygen atoms in total. The lowest BCUT2D eigenvalue weighted by molar-refractivity contribution is -0.128. The average molecular weight is 576 g/mol. The maximum Gasteiger partial charge on any atom is 0.261 e. The van der Waals surface area contributed by atoms with E-state index in [0.717, 1.165) is 24.1 Å². The van der Waals surface area contributed by atoms with Gasteiger partial charge in [0.1, 0.15) is 11.2 Å². The highest BCUT2D eigenvalue weighted by Crippen LogP contribution is 2.38. The van der Waals surface area contributed by atoms with E-state index in [9.17, 15) is 22.4 Å². The first-order valence-electron chi connectivity index (χ1n) is 12.5. The zero-order chi connectivity index (χ0) is 28.1. The summed E-state index contributed by atoms with van der Waals surface area (Å²) in [5.41, 5.74) is 3.22. The number of nitrogens with one attached hydrogen (secondary N) is 2. The number of nitrogens with zero attached hydrogens (tertiary/aromatic N) is 1. The number of benzene rings is 4. The van der Waals surface area contributed by atoms with Crippen molar-refractivity contribution in [2.24, 2.45) is 0 Å². The van der Waals surface area contributed by atoms with Crippen LogP contribution in [0.4, 0.5) is 15.8 Å². The van der Waals surface area contributed by atoms with Crippen molar-refractivity contribution in [2.75, 3.05) is 22.3 Å². The maximum atomic E-state index is 13.1. The monoisotopic (exact) mass is 575 g/mol. The molecule has 1 aliphatic rings. The van der Waals surface area contributed by atoms with Gasteiger partial charge < -0.3 is 10.2 Å². The Morgan fingerprint density at radius 3 is 2.20 bits per heavy atom. The van der Waals surface area contributed by atoms with E-state index in [4.69, 9.17) is 0 Å². The molecule has 0 bridgehead atoms. The Labute approximate surface area is 236 Å². The zero-order valence-electron chi connectivity index (χ0n) is 21.3. The van der Waals surface area contributed by atoms with Gasteiger partial charge in [0.2, 0.25) is 5.91 Å². The fourth-order valence-corrected chi connectivity index (χ4v) is 6.60. The van der Waals surface area contributed by atoms with Gasteiger partial charge in [-0.2, -0.15) is 0 Å². The summed E-state index contributed by atoms with van der Waals surface area (Å²) in [6.07, 6.45) is 0.770. The van der Waals surface area contributed by atoms with Crippen LogP contribution in [0, 0.1) is 5.82 Å². The molecule has 4 aromatic carbocycles. The number of hydrogen-bond acceptors (Lipinski definition) is 5. The molecule has 0 radical (unpaired) electrons. The molecule has 40 heavy (non-hydrogen) atoms. The van der Waals surface area contributed by atoms with Crippen molar-refractivity contribution in [3.05, 3.63) is 126 Å². The van der Waals surface area contributed by atoms with Gasteiger partial charge in [0.15, 0.2) is 0 Å². The molecule has 10 heteroatoms. The van der Waals surface area contributed by atoms with E-state index < -0.39 is 15.8 Å². The molecule has 5 rings (SSSR count). The van der Waals surface area contributed by atoms with Crippen LogP contribution in [-0.4, -0.2) is 37.4 Å². The van der Waals surface area contributed by atoms with Crippen LogP contribution in [0.1, 0.15) is 26.9 Å². The Morgan fingerprint density at radius 2 is 1.52 bits per heavy atom. The number of carbonyl (C=O) groups excluding carboxylic acids is 2. The average Bonchev–Trinajstić information content (AvgIpc) is 3.34. The number of halogens is 1. The zero-order valence-corrected chi connectivity index (χ0v) is 22.9. The van der Waals surface area contributed by atoms with Crippen molar-refractivity contribution in [1.82, 2.24) is 4.90 Å². The fraction of sp³-hybridized carbons (Fsp3) is 0.133. The number of amides is 2. The summed E-state index contributed by atoms with van der Waals surface area (Å²) in [6, 6.07) is 27.9. The molecule has 0 unspecified atom stereocenters. The summed E-state index contributed by atoms with van der Waals surface area (Å²) < 4.78 is 40.7. The van der Waals surface area contributed by atoms with Crippen molar-refractivity contribution in [3.63, 3.8) is 0 Å². The Bertz CT molecular complexity index is 1600. The SMILES string of the molecule is O=C(Nc1ccc(S(=O)(=O)Nc2ccc(F)cc2)cc1)c1ccc([C@@H]2SCC(=O)N2CCc2ccccc2)cc1. The molecule has 0 spiro atoms. The van der Waals surface area contributed by atoms with E-state index >= 15 is 0 Å². The summed E-state index contributed by atoms with van der Waals surface area (Å²) in [6.45, 7) is 0.619. The molecular weight excluding hydrogens is 549 g/mol. The van der Waals surface area contributed by atoms with Crippen LogP contribution in [0.5, 0.6) is 0 Å². The minimum absolute atomic E-state index is 0.000365. The Balaban J connectivity index is 1.20. The minimum atomic E-state index is -3.88. The summed E-state index contributed by atoms with van der Waals surface area (Å²) in [5.74, 6) is -0.285. The molecule has 1 saturated heterocycles. The molecule has 0 saturated carbocycles. The number of carbonyl (C=O) groups is 2. The van der Waals surface area contributed by atoms with Gasteiger partial charge >= 0.3 is 0 Å². The summed E-state index contributed by atoms with van der Waals surface area (Å²) in [7, 11) is -3.88. The van der Waals surface area contributed by atoms with Gasteiger partial charge in [0.05, 0.1) is 10.6 Å². The van der Waals surface area contributed by atoms with E-state index in [1.807, 2.05) is 47.4 Å². The van der Waals surface area contributed by atoms with Crippen molar-refractivity contribution in [1.29, 1.82) is 0 Å². The van der Waals surface area contributed by atoms with E-state index in [-0.39, 0.29) is 27.8 Å². The number of anilines is 2. The molecule has 4 aromatic rings. The lowest BCUT2D eigenvalue weighted by Crippen LogP contribution is -2.30. The van der Waals surface area contributed by atoms with Crippen molar-refractivity contribution >= 4 is 45.0 Å². The topological polar surface area (TPSA) is 95.6 Å². The minimum Gasteiger partial charge on any atom is -0.326 e. The third-order valence-electron chi connectivity index (χ3n) is 6.43. The highest BCUT2D eigenvalue weighted by molar-refractivity contribution is 8.00. The fourth-order valence-electron chi connectivity index (χ4n) is 4.32. The first-order valence-corrected chi connectivity index (χ1v) is 15.1. The first kappa shape index (κ1) is 27.4. The van der Waals surface area contributed by atoms with Gasteiger partial charge in [-0.15, -0.1) is 11.8 Å². The molecule has 1 heterocycles. The van der Waals surface area contributed by atoms with Crippen molar-refractivity contribution in [2.45, 2.75) is 16.7 Å². The van der Waals surface area contributed by atoms with Crippen LogP contribution in [0.25, 0.3) is 0 Å². The van der Waals surface area contributed by atoms with Crippen molar-refractivity contribution < 1.29 is 22.4 Å². The molecule has 204 valence electrons. The second-order valence-corrected chi connectivity index (χ2v) is 11.9. The normalized spacial score (nSPS) is 15.2. The van der Waals surface area contributed by atoms with E-state index in [1.165, 1.54) is 42.0 Å². The van der Waals surface area contributed by atoms with Crippen LogP contribution < -0.4 is 10.0 Å². The van der Waals surface area contributed by atoms with Gasteiger partial charge in [-0.3, -0.25) is 14.3 Å². The van der Waals surface area contributed by atoms with Crippen LogP contribution in [0.3, 0.4) is 0 Å². The second kappa shape index (κ2) is 11.9. The largest absolute Gasteiger partial charge is 0.326 e. The number of rotatable bonds is 9. The predicted octanol–water partition coefficient (Wildman–Crippen LogP) is 5.70. The second-order valence-electron chi connectivity index (χ2n) is 9.20. The molecular formula is C30H26FN3O4S2. The Hall–Kier alpha value is -4.15. The van der Waals surface area contributed by atoms with E-state index in [0.29, 0.717) is 23.5 Å². The molecule has 1 fully saturated rings. The van der Waals surface area contributed by atoms with Gasteiger partial charge in [-0.05, 0) is 78.2 Å². The van der Waals surface area contributed by atoms with Crippen LogP contribution in [0.15, 0.2) is 108 Å². The maximum absolute atomic E-state index is 13.1. The van der Waals surface area contributed by atoms with E-state index in [1.54, 1.807) is 23.9 Å². The third kappa shape index (κ3) is 6.52. The Kier molecular flexibility index (Phi) is 8.18. The smallest absolute Gasteiger partial charge is 0.261 e.